The van der Waals surface area contributed by atoms with Crippen LogP contribution in [0.5, 0.6) is 11.5 Å². The van der Waals surface area contributed by atoms with Gasteiger partial charge in [0.2, 0.25) is 18.6 Å². The molecule has 1 aliphatic rings. The Morgan fingerprint density at radius 3 is 2.77 bits per heavy atom. The third-order valence-electron chi connectivity index (χ3n) is 4.39. The number of hydrogen-bond acceptors (Lipinski definition) is 6. The molecule has 4 rings (SSSR count). The summed E-state index contributed by atoms with van der Waals surface area (Å²) in [5.74, 6) is 0.420. The second-order valence-electron chi connectivity index (χ2n) is 6.65. The molecule has 0 saturated carbocycles. The minimum atomic E-state index is -0.507. The van der Waals surface area contributed by atoms with Crippen molar-refractivity contribution in [1.82, 2.24) is 4.98 Å². The number of anilines is 2. The zero-order chi connectivity index (χ0) is 21.1. The standard InChI is InChI=1S/C21H18FN3O4S/c1-12(26)23-14-4-5-15(16(22)9-14)17-10-30-21(24-17)25-20(27)7-3-13-2-6-18-19(8-13)29-11-28-18/h2,4-6,8-10H,3,7,11H2,1H3,(H,23,26)(H,24,25,27). The number of aromatic nitrogens is 1. The number of halogens is 1. The number of thiazole rings is 1. The molecule has 0 fully saturated rings. The lowest BCUT2D eigenvalue weighted by Gasteiger charge is -2.05. The van der Waals surface area contributed by atoms with Crippen molar-refractivity contribution in [2.45, 2.75) is 19.8 Å². The quantitative estimate of drug-likeness (QED) is 0.615. The van der Waals surface area contributed by atoms with Gasteiger partial charge in [-0.3, -0.25) is 9.59 Å². The monoisotopic (exact) mass is 427 g/mol. The summed E-state index contributed by atoms with van der Waals surface area (Å²) in [5.41, 5.74) is 2.05. The molecule has 0 aliphatic carbocycles. The fourth-order valence-electron chi connectivity index (χ4n) is 2.99. The van der Waals surface area contributed by atoms with Gasteiger partial charge in [-0.15, -0.1) is 11.3 Å². The molecule has 154 valence electrons. The van der Waals surface area contributed by atoms with Crippen molar-refractivity contribution in [3.8, 4) is 22.8 Å². The molecule has 7 nitrogen and oxygen atoms in total. The predicted molar refractivity (Wildman–Crippen MR) is 111 cm³/mol. The van der Waals surface area contributed by atoms with Crippen molar-refractivity contribution in [2.75, 3.05) is 17.4 Å². The molecular formula is C21H18FN3O4S. The molecule has 2 amide bonds. The number of amides is 2. The Balaban J connectivity index is 1.36. The number of hydrogen-bond donors (Lipinski definition) is 2. The Labute approximate surface area is 175 Å². The Morgan fingerprint density at radius 1 is 1.13 bits per heavy atom. The normalized spacial score (nSPS) is 11.9. The lowest BCUT2D eigenvalue weighted by Crippen LogP contribution is -2.12. The summed E-state index contributed by atoms with van der Waals surface area (Å²) in [7, 11) is 0. The van der Waals surface area contributed by atoms with Crippen molar-refractivity contribution in [3.05, 3.63) is 53.2 Å². The predicted octanol–water partition coefficient (Wildman–Crippen LogP) is 4.21. The number of carbonyl (C=O) groups is 2. The second kappa shape index (κ2) is 8.50. The Kier molecular flexibility index (Phi) is 5.62. The van der Waals surface area contributed by atoms with E-state index in [0.29, 0.717) is 40.0 Å². The molecule has 9 heteroatoms. The van der Waals surface area contributed by atoms with Crippen molar-refractivity contribution in [1.29, 1.82) is 0 Å². The van der Waals surface area contributed by atoms with Gasteiger partial charge in [-0.05, 0) is 42.3 Å². The number of nitrogens with zero attached hydrogens (tertiary/aromatic N) is 1. The number of aryl methyl sites for hydroxylation is 1. The van der Waals surface area contributed by atoms with Crippen LogP contribution in [0.25, 0.3) is 11.3 Å². The van der Waals surface area contributed by atoms with E-state index in [1.54, 1.807) is 17.5 Å². The molecule has 0 saturated heterocycles. The van der Waals surface area contributed by atoms with Crippen LogP contribution in [0.4, 0.5) is 15.2 Å². The van der Waals surface area contributed by atoms with E-state index in [-0.39, 0.29) is 25.0 Å². The molecule has 1 aromatic heterocycles. The van der Waals surface area contributed by atoms with E-state index in [0.717, 1.165) is 5.56 Å². The van der Waals surface area contributed by atoms with Crippen LogP contribution >= 0.6 is 11.3 Å². The van der Waals surface area contributed by atoms with E-state index in [9.17, 15) is 14.0 Å². The van der Waals surface area contributed by atoms with Crippen LogP contribution in [-0.4, -0.2) is 23.6 Å². The van der Waals surface area contributed by atoms with Gasteiger partial charge in [-0.1, -0.05) is 6.07 Å². The maximum Gasteiger partial charge on any atom is 0.231 e. The first-order valence-corrected chi connectivity index (χ1v) is 10.1. The van der Waals surface area contributed by atoms with Gasteiger partial charge in [-0.2, -0.15) is 0 Å². The highest BCUT2D eigenvalue weighted by molar-refractivity contribution is 7.14. The first-order chi connectivity index (χ1) is 14.5. The molecule has 3 aromatic rings. The van der Waals surface area contributed by atoms with Crippen molar-refractivity contribution in [3.63, 3.8) is 0 Å². The number of nitrogens with one attached hydrogen (secondary N) is 2. The van der Waals surface area contributed by atoms with Crippen LogP contribution in [-0.2, 0) is 16.0 Å². The molecule has 2 aromatic carbocycles. The third-order valence-corrected chi connectivity index (χ3v) is 5.15. The molecule has 0 unspecified atom stereocenters. The Morgan fingerprint density at radius 2 is 1.97 bits per heavy atom. The zero-order valence-corrected chi connectivity index (χ0v) is 16.8. The highest BCUT2D eigenvalue weighted by Gasteiger charge is 2.15. The lowest BCUT2D eigenvalue weighted by molar-refractivity contribution is -0.116. The number of ether oxygens (including phenoxy) is 2. The van der Waals surface area contributed by atoms with Crippen molar-refractivity contribution in [2.24, 2.45) is 0 Å². The SMILES string of the molecule is CC(=O)Nc1ccc(-c2csc(NC(=O)CCc3ccc4c(c3)OCO4)n2)c(F)c1. The van der Waals surface area contributed by atoms with E-state index in [1.807, 2.05) is 18.2 Å². The van der Waals surface area contributed by atoms with Crippen LogP contribution in [0, 0.1) is 5.82 Å². The third kappa shape index (κ3) is 4.57. The van der Waals surface area contributed by atoms with Gasteiger partial charge in [0.05, 0.1) is 5.69 Å². The van der Waals surface area contributed by atoms with Gasteiger partial charge in [-0.25, -0.2) is 9.37 Å². The fraction of sp³-hybridized carbons (Fsp3) is 0.190. The summed E-state index contributed by atoms with van der Waals surface area (Å²) in [5, 5.41) is 7.34. The summed E-state index contributed by atoms with van der Waals surface area (Å²) in [6.45, 7) is 1.57. The number of fused-ring (bicyclic) bond motifs is 1. The Hall–Kier alpha value is -3.46. The maximum absolute atomic E-state index is 14.4. The largest absolute Gasteiger partial charge is 0.454 e. The van der Waals surface area contributed by atoms with E-state index in [1.165, 1.54) is 24.3 Å². The number of benzene rings is 2. The minimum absolute atomic E-state index is 0.185. The van der Waals surface area contributed by atoms with Crippen LogP contribution in [0.15, 0.2) is 41.8 Å². The minimum Gasteiger partial charge on any atom is -0.454 e. The van der Waals surface area contributed by atoms with E-state index >= 15 is 0 Å². The summed E-state index contributed by atoms with van der Waals surface area (Å²) < 4.78 is 25.0. The molecule has 0 radical (unpaired) electrons. The van der Waals surface area contributed by atoms with Crippen molar-refractivity contribution >= 4 is 34.0 Å². The molecule has 0 bridgehead atoms. The van der Waals surface area contributed by atoms with Crippen molar-refractivity contribution < 1.29 is 23.5 Å². The first-order valence-electron chi connectivity index (χ1n) is 9.19. The summed E-state index contributed by atoms with van der Waals surface area (Å²) >= 11 is 1.22. The molecule has 30 heavy (non-hydrogen) atoms. The van der Waals surface area contributed by atoms with Gasteiger partial charge in [0, 0.05) is 30.0 Å². The Bertz CT molecular complexity index is 1120. The van der Waals surface area contributed by atoms with Gasteiger partial charge in [0.25, 0.3) is 0 Å². The van der Waals surface area contributed by atoms with Gasteiger partial charge in [0.1, 0.15) is 5.82 Å². The second-order valence-corrected chi connectivity index (χ2v) is 7.51. The molecular weight excluding hydrogens is 409 g/mol. The highest BCUT2D eigenvalue weighted by atomic mass is 32.1. The van der Waals surface area contributed by atoms with Gasteiger partial charge < -0.3 is 20.1 Å². The van der Waals surface area contributed by atoms with E-state index < -0.39 is 5.82 Å². The first kappa shape index (κ1) is 19.8. The average Bonchev–Trinajstić information content (AvgIpc) is 3.35. The van der Waals surface area contributed by atoms with Crippen LogP contribution < -0.4 is 20.1 Å². The topological polar surface area (TPSA) is 89.6 Å². The fourth-order valence-corrected chi connectivity index (χ4v) is 3.72. The lowest BCUT2D eigenvalue weighted by atomic mass is 10.1. The van der Waals surface area contributed by atoms with Crippen LogP contribution in [0.2, 0.25) is 0 Å². The molecule has 1 aliphatic heterocycles. The summed E-state index contributed by atoms with van der Waals surface area (Å²) in [4.78, 5) is 27.6. The summed E-state index contributed by atoms with van der Waals surface area (Å²) in [6, 6.07) is 9.97. The highest BCUT2D eigenvalue weighted by Crippen LogP contribution is 2.33. The van der Waals surface area contributed by atoms with Gasteiger partial charge in [0.15, 0.2) is 16.6 Å². The number of rotatable bonds is 6. The van der Waals surface area contributed by atoms with E-state index in [2.05, 4.69) is 15.6 Å². The molecule has 0 spiro atoms. The summed E-state index contributed by atoms with van der Waals surface area (Å²) in [6.07, 6.45) is 0.814. The zero-order valence-electron chi connectivity index (χ0n) is 16.0. The number of carbonyl (C=O) groups excluding carboxylic acids is 2. The molecule has 2 N–H and O–H groups in total. The maximum atomic E-state index is 14.4. The molecule has 0 atom stereocenters. The van der Waals surface area contributed by atoms with E-state index in [4.69, 9.17) is 9.47 Å². The average molecular weight is 427 g/mol. The molecule has 2 heterocycles. The van der Waals surface area contributed by atoms with Gasteiger partial charge >= 0.3 is 0 Å². The van der Waals surface area contributed by atoms with Crippen LogP contribution in [0.3, 0.4) is 0 Å². The van der Waals surface area contributed by atoms with Crippen LogP contribution in [0.1, 0.15) is 18.9 Å². The smallest absolute Gasteiger partial charge is 0.231 e.